The predicted octanol–water partition coefficient (Wildman–Crippen LogP) is 1.93. The number of rotatable bonds is 6. The normalized spacial score (nSPS) is 26.8. The van der Waals surface area contributed by atoms with E-state index in [-0.39, 0.29) is 6.10 Å². The molecule has 5 atom stereocenters. The van der Waals surface area contributed by atoms with Gasteiger partial charge in [-0.25, -0.2) is 18.0 Å². The number of aliphatic hydroxyl groups excluding tert-OH is 1. The first kappa shape index (κ1) is 18.7. The van der Waals surface area contributed by atoms with Gasteiger partial charge in [0.05, 0.1) is 24.3 Å². The monoisotopic (exact) mass is 413 g/mol. The van der Waals surface area contributed by atoms with Crippen LogP contribution in [0, 0.1) is 11.8 Å². The van der Waals surface area contributed by atoms with Gasteiger partial charge in [-0.1, -0.05) is 18.2 Å². The molecule has 2 heterocycles. The number of nitrogens with one attached hydrogen (secondary N) is 1. The highest BCUT2D eigenvalue weighted by atomic mass is 32.2. The van der Waals surface area contributed by atoms with Crippen LogP contribution in [0.15, 0.2) is 53.7 Å². The van der Waals surface area contributed by atoms with Crippen LogP contribution in [0.4, 0.5) is 11.4 Å². The molecule has 5 unspecified atom stereocenters. The second kappa shape index (κ2) is 7.53. The number of anilines is 1. The summed E-state index contributed by atoms with van der Waals surface area (Å²) in [5.41, 5.74) is 4.17. The van der Waals surface area contributed by atoms with Crippen molar-refractivity contribution in [2.75, 3.05) is 12.4 Å². The molecule has 1 aromatic carbocycles. The molecular weight excluding hydrogens is 388 g/mol. The smallest absolute Gasteiger partial charge is 0.204 e. The second-order valence-electron chi connectivity index (χ2n) is 7.93. The summed E-state index contributed by atoms with van der Waals surface area (Å²) in [7, 11) is 0.255. The van der Waals surface area contributed by atoms with Crippen molar-refractivity contribution < 1.29 is 19.6 Å². The SMILES string of the molecule is CO[NH2+]c1cnc2c(ccn2S(=O)c2ccccc2)c1NC1CC2CC1CC2O. The van der Waals surface area contributed by atoms with Crippen LogP contribution in [-0.4, -0.2) is 37.5 Å². The number of fused-ring (bicyclic) bond motifs is 3. The van der Waals surface area contributed by atoms with E-state index in [9.17, 15) is 9.32 Å². The Morgan fingerprint density at radius 3 is 2.72 bits per heavy atom. The third-order valence-corrected chi connectivity index (χ3v) is 7.56. The van der Waals surface area contributed by atoms with Crippen LogP contribution in [0.1, 0.15) is 19.3 Å². The summed E-state index contributed by atoms with van der Waals surface area (Å²) in [6.45, 7) is 0. The predicted molar refractivity (Wildman–Crippen MR) is 111 cm³/mol. The first-order valence-electron chi connectivity index (χ1n) is 9.93. The fraction of sp³-hybridized carbons (Fsp3) is 0.381. The van der Waals surface area contributed by atoms with Gasteiger partial charge in [0, 0.05) is 17.6 Å². The number of nitrogens with zero attached hydrogens (tertiary/aromatic N) is 2. The molecule has 3 aromatic rings. The fourth-order valence-electron chi connectivity index (χ4n) is 4.85. The van der Waals surface area contributed by atoms with Crippen molar-refractivity contribution in [3.8, 4) is 0 Å². The van der Waals surface area contributed by atoms with Crippen LogP contribution in [-0.2, 0) is 15.8 Å². The minimum absolute atomic E-state index is 0.158. The number of hydrogen-bond acceptors (Lipinski definition) is 5. The summed E-state index contributed by atoms with van der Waals surface area (Å²) < 4.78 is 14.8. The van der Waals surface area contributed by atoms with Crippen molar-refractivity contribution in [1.29, 1.82) is 0 Å². The van der Waals surface area contributed by atoms with Gasteiger partial charge < -0.3 is 10.4 Å². The maximum absolute atomic E-state index is 13.1. The molecule has 4 N–H and O–H groups in total. The number of nitrogens with two attached hydrogens (primary N) is 1. The Hall–Kier alpha value is -2.26. The molecule has 0 amide bonds. The van der Waals surface area contributed by atoms with Crippen LogP contribution >= 0.6 is 0 Å². The Labute approximate surface area is 171 Å². The van der Waals surface area contributed by atoms with Crippen LogP contribution in [0.25, 0.3) is 11.0 Å². The quantitative estimate of drug-likeness (QED) is 0.537. The molecular formula is C21H25N4O3S+. The zero-order valence-corrected chi connectivity index (χ0v) is 17.0. The third-order valence-electron chi connectivity index (χ3n) is 6.23. The van der Waals surface area contributed by atoms with Crippen molar-refractivity contribution in [3.63, 3.8) is 0 Å². The molecule has 29 heavy (non-hydrogen) atoms. The van der Waals surface area contributed by atoms with Gasteiger partial charge in [-0.3, -0.25) is 0 Å². The van der Waals surface area contributed by atoms with E-state index in [1.807, 2.05) is 42.6 Å². The molecule has 5 rings (SSSR count). The van der Waals surface area contributed by atoms with Gasteiger partial charge >= 0.3 is 0 Å². The molecule has 152 valence electrons. The largest absolute Gasteiger partial charge is 0.393 e. The minimum atomic E-state index is -1.37. The lowest BCUT2D eigenvalue weighted by Crippen LogP contribution is -2.76. The van der Waals surface area contributed by atoms with Gasteiger partial charge in [-0.15, -0.1) is 0 Å². The lowest BCUT2D eigenvalue weighted by atomic mass is 9.93. The molecule has 0 spiro atoms. The topological polar surface area (TPSA) is 93.0 Å². The molecule has 2 aromatic heterocycles. The van der Waals surface area contributed by atoms with E-state index >= 15 is 0 Å². The molecule has 0 aliphatic heterocycles. The zero-order valence-electron chi connectivity index (χ0n) is 16.2. The van der Waals surface area contributed by atoms with Gasteiger partial charge in [0.15, 0.2) is 16.6 Å². The zero-order chi connectivity index (χ0) is 20.0. The van der Waals surface area contributed by atoms with Crippen LogP contribution in [0.3, 0.4) is 0 Å². The molecule has 8 heteroatoms. The van der Waals surface area contributed by atoms with Crippen molar-refractivity contribution in [2.24, 2.45) is 11.8 Å². The van der Waals surface area contributed by atoms with E-state index in [0.717, 1.165) is 40.9 Å². The molecule has 2 fully saturated rings. The van der Waals surface area contributed by atoms with Gasteiger partial charge in [0.25, 0.3) is 0 Å². The van der Waals surface area contributed by atoms with E-state index in [1.54, 1.807) is 22.8 Å². The van der Waals surface area contributed by atoms with Gasteiger partial charge in [-0.2, -0.15) is 5.48 Å². The summed E-state index contributed by atoms with van der Waals surface area (Å²) in [6, 6.07) is 11.7. The first-order chi connectivity index (χ1) is 14.2. The van der Waals surface area contributed by atoms with Crippen molar-refractivity contribution in [1.82, 2.24) is 8.96 Å². The average molecular weight is 414 g/mol. The van der Waals surface area contributed by atoms with Crippen LogP contribution < -0.4 is 10.8 Å². The van der Waals surface area contributed by atoms with Gasteiger partial charge in [0.1, 0.15) is 5.69 Å². The molecule has 2 aliphatic rings. The van der Waals surface area contributed by atoms with Crippen molar-refractivity contribution in [2.45, 2.75) is 36.3 Å². The molecule has 2 saturated carbocycles. The summed E-state index contributed by atoms with van der Waals surface area (Å²) in [6.07, 6.45) is 6.34. The Morgan fingerprint density at radius 2 is 2.03 bits per heavy atom. The standard InChI is InChI=1S/C21H24N4O3S/c1-28-24-18-12-22-21-16(7-8-25(21)29(27)15-5-3-2-4-6-15)20(18)23-17-10-14-9-13(17)11-19(14)26/h2-8,12-14,17,19,24,26H,9-11H2,1H3,(H,22,23)/p+1. The Bertz CT molecular complexity index is 1050. The Balaban J connectivity index is 1.52. The van der Waals surface area contributed by atoms with Crippen molar-refractivity contribution >= 4 is 33.4 Å². The second-order valence-corrected chi connectivity index (χ2v) is 9.29. The Kier molecular flexibility index (Phi) is 4.87. The fourth-order valence-corrected chi connectivity index (χ4v) is 5.94. The highest BCUT2D eigenvalue weighted by Crippen LogP contribution is 2.46. The number of hydrogen-bond donors (Lipinski definition) is 3. The average Bonchev–Trinajstić information content (AvgIpc) is 3.43. The molecule has 2 aliphatic carbocycles. The molecule has 0 radical (unpaired) electrons. The van der Waals surface area contributed by atoms with E-state index in [1.165, 1.54) is 0 Å². The lowest BCUT2D eigenvalue weighted by Gasteiger charge is -2.27. The highest BCUT2D eigenvalue weighted by molar-refractivity contribution is 7.83. The summed E-state index contributed by atoms with van der Waals surface area (Å²) in [5.74, 6) is 0.869. The lowest BCUT2D eigenvalue weighted by molar-refractivity contribution is -0.829. The van der Waals surface area contributed by atoms with E-state index in [2.05, 4.69) is 10.3 Å². The third kappa shape index (κ3) is 3.26. The number of quaternary nitrogens is 1. The number of aliphatic hydroxyl groups is 1. The summed E-state index contributed by atoms with van der Waals surface area (Å²) in [5, 5.41) is 14.7. The van der Waals surface area contributed by atoms with Gasteiger partial charge in [0.2, 0.25) is 5.69 Å². The summed E-state index contributed by atoms with van der Waals surface area (Å²) >= 11 is 0. The number of pyridine rings is 1. The summed E-state index contributed by atoms with van der Waals surface area (Å²) in [4.78, 5) is 10.6. The maximum atomic E-state index is 13.1. The van der Waals surface area contributed by atoms with E-state index in [4.69, 9.17) is 4.84 Å². The number of aromatic nitrogens is 2. The molecule has 2 bridgehead atoms. The van der Waals surface area contributed by atoms with E-state index in [0.29, 0.717) is 23.5 Å². The maximum Gasteiger partial charge on any atom is 0.204 e. The number of benzene rings is 1. The Morgan fingerprint density at radius 1 is 1.21 bits per heavy atom. The van der Waals surface area contributed by atoms with E-state index < -0.39 is 11.0 Å². The molecule has 0 saturated heterocycles. The first-order valence-corrected chi connectivity index (χ1v) is 11.0. The van der Waals surface area contributed by atoms with Crippen molar-refractivity contribution in [3.05, 3.63) is 48.8 Å². The van der Waals surface area contributed by atoms with Crippen LogP contribution in [0.2, 0.25) is 0 Å². The van der Waals surface area contributed by atoms with Crippen LogP contribution in [0.5, 0.6) is 0 Å². The highest BCUT2D eigenvalue weighted by Gasteiger charge is 2.45. The minimum Gasteiger partial charge on any atom is -0.393 e. The van der Waals surface area contributed by atoms with Gasteiger partial charge in [-0.05, 0) is 49.3 Å². The molecule has 7 nitrogen and oxygen atoms in total.